The maximum absolute atomic E-state index is 12.3. The summed E-state index contributed by atoms with van der Waals surface area (Å²) >= 11 is 0. The van der Waals surface area contributed by atoms with Gasteiger partial charge in [-0.3, -0.25) is 4.98 Å². The highest BCUT2D eigenvalue weighted by Gasteiger charge is 2.30. The van der Waals surface area contributed by atoms with Crippen molar-refractivity contribution in [1.82, 2.24) is 18.6 Å². The molecule has 1 aliphatic heterocycles. The van der Waals surface area contributed by atoms with Crippen LogP contribution in [0.1, 0.15) is 35.8 Å². The van der Waals surface area contributed by atoms with Crippen LogP contribution in [0.25, 0.3) is 0 Å². The molecule has 0 atom stereocenters. The van der Waals surface area contributed by atoms with Crippen LogP contribution in [0.3, 0.4) is 0 Å². The average molecular weight is 390 g/mol. The van der Waals surface area contributed by atoms with Crippen LogP contribution in [0.15, 0.2) is 30.3 Å². The lowest BCUT2D eigenvalue weighted by Crippen LogP contribution is -2.44. The second-order valence-electron chi connectivity index (χ2n) is 7.17. The fourth-order valence-corrected chi connectivity index (χ4v) is 4.48. The summed E-state index contributed by atoms with van der Waals surface area (Å²) in [6, 6.07) is 9.93. The van der Waals surface area contributed by atoms with Crippen molar-refractivity contribution in [2.75, 3.05) is 32.5 Å². The third-order valence-corrected chi connectivity index (χ3v) is 6.73. The minimum absolute atomic E-state index is 0.254. The molecule has 3 rings (SSSR count). The van der Waals surface area contributed by atoms with Crippen molar-refractivity contribution in [2.24, 2.45) is 0 Å². The van der Waals surface area contributed by atoms with Crippen molar-refractivity contribution in [3.63, 3.8) is 0 Å². The van der Waals surface area contributed by atoms with Crippen LogP contribution in [0.2, 0.25) is 0 Å². The zero-order chi connectivity index (χ0) is 19.6. The van der Waals surface area contributed by atoms with Crippen LogP contribution in [0.5, 0.6) is 0 Å². The van der Waals surface area contributed by atoms with E-state index in [4.69, 9.17) is 4.98 Å². The molecule has 1 saturated heterocycles. The summed E-state index contributed by atoms with van der Waals surface area (Å²) in [6.45, 7) is 4.97. The Bertz CT molecular complexity index is 906. The van der Waals surface area contributed by atoms with E-state index in [2.05, 4.69) is 16.4 Å². The predicted octanol–water partition coefficient (Wildman–Crippen LogP) is 2.82. The van der Waals surface area contributed by atoms with Gasteiger partial charge in [0.25, 0.3) is 10.2 Å². The first-order valence-corrected chi connectivity index (χ1v) is 10.5. The highest BCUT2D eigenvalue weighted by Crippen LogP contribution is 2.30. The van der Waals surface area contributed by atoms with Crippen LogP contribution in [-0.2, 0) is 10.2 Å². The van der Waals surface area contributed by atoms with Gasteiger partial charge < -0.3 is 5.32 Å². The quantitative estimate of drug-likeness (QED) is 0.851. The van der Waals surface area contributed by atoms with Crippen molar-refractivity contribution in [3.8, 4) is 0 Å². The number of aryl methyl sites for hydroxylation is 2. The van der Waals surface area contributed by atoms with E-state index in [0.717, 1.165) is 41.4 Å². The molecule has 0 spiro atoms. The Labute approximate surface area is 161 Å². The number of nitrogens with one attached hydrogen (secondary N) is 1. The molecule has 27 heavy (non-hydrogen) atoms. The molecule has 0 amide bonds. The van der Waals surface area contributed by atoms with E-state index < -0.39 is 10.2 Å². The Hall–Kier alpha value is -2.03. The van der Waals surface area contributed by atoms with Gasteiger partial charge >= 0.3 is 0 Å². The van der Waals surface area contributed by atoms with Gasteiger partial charge in [0.1, 0.15) is 5.82 Å². The molecule has 2 aromatic rings. The molecule has 1 fully saturated rings. The van der Waals surface area contributed by atoms with Crippen LogP contribution in [0, 0.1) is 13.8 Å². The smallest absolute Gasteiger partial charge is 0.281 e. The van der Waals surface area contributed by atoms with Gasteiger partial charge in [-0.1, -0.05) is 6.07 Å². The lowest BCUT2D eigenvalue weighted by Gasteiger charge is -2.32. The van der Waals surface area contributed by atoms with E-state index in [0.29, 0.717) is 13.1 Å². The van der Waals surface area contributed by atoms with Crippen molar-refractivity contribution in [3.05, 3.63) is 47.4 Å². The molecule has 1 aliphatic rings. The van der Waals surface area contributed by atoms with Crippen LogP contribution in [-0.4, -0.2) is 54.2 Å². The number of hydrogen-bond donors (Lipinski definition) is 1. The van der Waals surface area contributed by atoms with Crippen LogP contribution >= 0.6 is 0 Å². The maximum Gasteiger partial charge on any atom is 0.281 e. The van der Waals surface area contributed by atoms with Crippen molar-refractivity contribution < 1.29 is 8.42 Å². The second kappa shape index (κ2) is 7.92. The number of anilines is 2. The summed E-state index contributed by atoms with van der Waals surface area (Å²) in [5.74, 6) is 1.06. The summed E-state index contributed by atoms with van der Waals surface area (Å²) in [7, 11) is -0.201. The minimum Gasteiger partial charge on any atom is -0.340 e. The number of pyridine rings is 2. The minimum atomic E-state index is -3.34. The number of nitrogens with zero attached hydrogens (tertiary/aromatic N) is 4. The normalized spacial score (nSPS) is 16.6. The van der Waals surface area contributed by atoms with Crippen LogP contribution < -0.4 is 5.32 Å². The summed E-state index contributed by atoms with van der Waals surface area (Å²) in [5.41, 5.74) is 3.86. The van der Waals surface area contributed by atoms with Gasteiger partial charge in [0, 0.05) is 55.9 Å². The molecule has 0 saturated carbocycles. The molecule has 2 aromatic heterocycles. The Morgan fingerprint density at radius 1 is 1.07 bits per heavy atom. The first kappa shape index (κ1) is 19.7. The van der Waals surface area contributed by atoms with E-state index in [-0.39, 0.29) is 5.92 Å². The monoisotopic (exact) mass is 389 g/mol. The van der Waals surface area contributed by atoms with E-state index in [1.165, 1.54) is 4.31 Å². The molecule has 0 aliphatic carbocycles. The molecule has 0 unspecified atom stereocenters. The predicted molar refractivity (Wildman–Crippen MR) is 107 cm³/mol. The van der Waals surface area contributed by atoms with E-state index in [1.807, 2.05) is 38.1 Å². The molecular formula is C19H27N5O2S. The molecule has 1 N–H and O–H groups in total. The standard InChI is InChI=1S/C19H27N5O2S/c1-14-6-5-7-19(21-14)22-17-12-15(2)20-18(13-17)16-8-10-24(11-9-16)27(25,26)23(3)4/h5-7,12-13,16H,8-11H2,1-4H3,(H,20,21,22). The molecule has 0 bridgehead atoms. The van der Waals surface area contributed by atoms with Crippen molar-refractivity contribution in [1.29, 1.82) is 0 Å². The van der Waals surface area contributed by atoms with Crippen molar-refractivity contribution >= 4 is 21.7 Å². The summed E-state index contributed by atoms with van der Waals surface area (Å²) in [5, 5.41) is 3.35. The van der Waals surface area contributed by atoms with Crippen LogP contribution in [0.4, 0.5) is 11.5 Å². The Balaban J connectivity index is 1.74. The topological polar surface area (TPSA) is 78.4 Å². The average Bonchev–Trinajstić information content (AvgIpc) is 2.61. The Morgan fingerprint density at radius 2 is 1.78 bits per heavy atom. The molecular weight excluding hydrogens is 362 g/mol. The summed E-state index contributed by atoms with van der Waals surface area (Å²) < 4.78 is 27.4. The summed E-state index contributed by atoms with van der Waals surface area (Å²) in [4.78, 5) is 9.18. The molecule has 3 heterocycles. The Kier molecular flexibility index (Phi) is 5.78. The molecule has 0 radical (unpaired) electrons. The van der Waals surface area contributed by atoms with Gasteiger partial charge in [0.2, 0.25) is 0 Å². The first-order chi connectivity index (χ1) is 12.8. The molecule has 0 aromatic carbocycles. The third-order valence-electron chi connectivity index (χ3n) is 4.79. The number of aromatic nitrogens is 2. The maximum atomic E-state index is 12.3. The first-order valence-electron chi connectivity index (χ1n) is 9.12. The zero-order valence-corrected chi connectivity index (χ0v) is 17.1. The van der Waals surface area contributed by atoms with Crippen molar-refractivity contribution in [2.45, 2.75) is 32.6 Å². The molecule has 7 nitrogen and oxygen atoms in total. The number of hydrogen-bond acceptors (Lipinski definition) is 5. The fraction of sp³-hybridized carbons (Fsp3) is 0.474. The third kappa shape index (κ3) is 4.63. The number of rotatable bonds is 5. The second-order valence-corrected chi connectivity index (χ2v) is 9.32. The van der Waals surface area contributed by atoms with Gasteiger partial charge in [-0.05, 0) is 51.0 Å². The number of piperidine rings is 1. The highest BCUT2D eigenvalue weighted by atomic mass is 32.2. The highest BCUT2D eigenvalue weighted by molar-refractivity contribution is 7.86. The summed E-state index contributed by atoms with van der Waals surface area (Å²) in [6.07, 6.45) is 1.54. The van der Waals surface area contributed by atoms with Gasteiger partial charge in [0.15, 0.2) is 0 Å². The SMILES string of the molecule is Cc1cccc(Nc2cc(C)nc(C3CCN(S(=O)(=O)N(C)C)CC3)c2)n1. The lowest BCUT2D eigenvalue weighted by atomic mass is 9.93. The molecule has 8 heteroatoms. The lowest BCUT2D eigenvalue weighted by molar-refractivity contribution is 0.300. The van der Waals surface area contributed by atoms with E-state index >= 15 is 0 Å². The van der Waals surface area contributed by atoms with E-state index in [9.17, 15) is 8.42 Å². The zero-order valence-electron chi connectivity index (χ0n) is 16.3. The van der Waals surface area contributed by atoms with E-state index in [1.54, 1.807) is 18.4 Å². The van der Waals surface area contributed by atoms with Gasteiger partial charge in [-0.15, -0.1) is 0 Å². The molecule has 146 valence electrons. The largest absolute Gasteiger partial charge is 0.340 e. The van der Waals surface area contributed by atoms with Gasteiger partial charge in [-0.25, -0.2) is 4.98 Å². The Morgan fingerprint density at radius 3 is 2.41 bits per heavy atom. The van der Waals surface area contributed by atoms with Gasteiger partial charge in [0.05, 0.1) is 0 Å². The van der Waals surface area contributed by atoms with Gasteiger partial charge in [-0.2, -0.15) is 17.0 Å². The fourth-order valence-electron chi connectivity index (χ4n) is 3.35.